The summed E-state index contributed by atoms with van der Waals surface area (Å²) in [4.78, 5) is 14.1. The first-order valence-corrected chi connectivity index (χ1v) is 10.8. The molecule has 1 saturated heterocycles. The second kappa shape index (κ2) is 8.75. The Kier molecular flexibility index (Phi) is 6.49. The molecule has 2 aromatic carbocycles. The number of carbonyl (C=O) groups is 1. The van der Waals surface area contributed by atoms with Gasteiger partial charge in [0.05, 0.1) is 16.5 Å². The fourth-order valence-electron chi connectivity index (χ4n) is 3.23. The van der Waals surface area contributed by atoms with Gasteiger partial charge in [-0.1, -0.05) is 18.2 Å². The van der Waals surface area contributed by atoms with E-state index >= 15 is 0 Å². The van der Waals surface area contributed by atoms with Gasteiger partial charge in [-0.2, -0.15) is 17.5 Å². The van der Waals surface area contributed by atoms with Crippen LogP contribution < -0.4 is 5.32 Å². The molecular formula is C20H22F3N3O3S. The number of hydrogen-bond donors (Lipinski definition) is 1. The summed E-state index contributed by atoms with van der Waals surface area (Å²) in [7, 11) is -3.90. The first-order chi connectivity index (χ1) is 14.1. The van der Waals surface area contributed by atoms with E-state index in [2.05, 4.69) is 5.32 Å². The number of carbonyl (C=O) groups excluding carboxylic acids is 1. The number of amides is 1. The van der Waals surface area contributed by atoms with Crippen molar-refractivity contribution < 1.29 is 26.4 Å². The molecule has 1 aliphatic rings. The van der Waals surface area contributed by atoms with Gasteiger partial charge in [-0.25, -0.2) is 8.42 Å². The van der Waals surface area contributed by atoms with Gasteiger partial charge < -0.3 is 5.32 Å². The Bertz CT molecular complexity index is 972. The topological polar surface area (TPSA) is 69.7 Å². The molecule has 3 rings (SSSR count). The van der Waals surface area contributed by atoms with Crippen molar-refractivity contribution >= 4 is 21.6 Å². The molecular weight excluding hydrogens is 419 g/mol. The highest BCUT2D eigenvalue weighted by molar-refractivity contribution is 7.89. The van der Waals surface area contributed by atoms with E-state index in [0.29, 0.717) is 18.8 Å². The Morgan fingerprint density at radius 2 is 1.53 bits per heavy atom. The summed E-state index contributed by atoms with van der Waals surface area (Å²) in [6, 6.07) is 12.0. The summed E-state index contributed by atoms with van der Waals surface area (Å²) in [6.07, 6.45) is -4.52. The van der Waals surface area contributed by atoms with Crippen LogP contribution in [0.15, 0.2) is 59.5 Å². The Morgan fingerprint density at radius 3 is 2.07 bits per heavy atom. The number of rotatable bonds is 5. The largest absolute Gasteiger partial charge is 0.416 e. The fraction of sp³-hybridized carbons (Fsp3) is 0.350. The van der Waals surface area contributed by atoms with Crippen LogP contribution in [0, 0.1) is 0 Å². The fourth-order valence-corrected chi connectivity index (χ4v) is 4.65. The second-order valence-electron chi connectivity index (χ2n) is 6.99. The van der Waals surface area contributed by atoms with Gasteiger partial charge >= 0.3 is 6.18 Å². The first-order valence-electron chi connectivity index (χ1n) is 9.36. The van der Waals surface area contributed by atoms with Gasteiger partial charge in [-0.3, -0.25) is 9.69 Å². The third kappa shape index (κ3) is 5.00. The van der Waals surface area contributed by atoms with Gasteiger partial charge in [0, 0.05) is 31.9 Å². The van der Waals surface area contributed by atoms with Crippen molar-refractivity contribution in [1.29, 1.82) is 0 Å². The highest BCUT2D eigenvalue weighted by atomic mass is 32.2. The third-order valence-electron chi connectivity index (χ3n) is 5.06. The zero-order valence-electron chi connectivity index (χ0n) is 16.3. The van der Waals surface area contributed by atoms with Crippen LogP contribution in [0.2, 0.25) is 0 Å². The van der Waals surface area contributed by atoms with Crippen molar-refractivity contribution in [2.24, 2.45) is 0 Å². The van der Waals surface area contributed by atoms with Crippen LogP contribution in [0.4, 0.5) is 18.9 Å². The lowest BCUT2D eigenvalue weighted by molar-refractivity contribution is -0.137. The maximum Gasteiger partial charge on any atom is 0.416 e. The molecule has 0 saturated carbocycles. The maximum absolute atomic E-state index is 12.7. The van der Waals surface area contributed by atoms with Gasteiger partial charge in [0.25, 0.3) is 0 Å². The lowest BCUT2D eigenvalue weighted by Gasteiger charge is -2.36. The monoisotopic (exact) mass is 441 g/mol. The van der Waals surface area contributed by atoms with Crippen LogP contribution in [0.3, 0.4) is 0 Å². The van der Waals surface area contributed by atoms with Crippen molar-refractivity contribution in [3.05, 3.63) is 60.2 Å². The molecule has 1 N–H and O–H groups in total. The molecule has 1 amide bonds. The molecule has 1 atom stereocenters. The summed E-state index contributed by atoms with van der Waals surface area (Å²) in [6.45, 7) is 2.71. The zero-order chi connectivity index (χ0) is 21.9. The number of nitrogens with zero attached hydrogens (tertiary/aromatic N) is 2. The SMILES string of the molecule is CC(C(=O)Nc1ccccc1)N1CCN(S(=O)(=O)c2ccc(C(F)(F)F)cc2)CC1. The Hall–Kier alpha value is -2.43. The molecule has 10 heteroatoms. The standard InChI is InChI=1S/C20H22F3N3O3S/c1-15(19(27)24-17-5-3-2-4-6-17)25-11-13-26(14-12-25)30(28,29)18-9-7-16(8-10-18)20(21,22)23/h2-10,15H,11-14H2,1H3,(H,24,27). The van der Waals surface area contributed by atoms with Crippen molar-refractivity contribution in [2.45, 2.75) is 24.0 Å². The molecule has 162 valence electrons. The number of hydrogen-bond acceptors (Lipinski definition) is 4. The summed E-state index contributed by atoms with van der Waals surface area (Å²) in [5.74, 6) is -0.194. The lowest BCUT2D eigenvalue weighted by Crippen LogP contribution is -2.53. The van der Waals surface area contributed by atoms with E-state index < -0.39 is 27.8 Å². The minimum atomic E-state index is -4.52. The van der Waals surface area contributed by atoms with Crippen LogP contribution in [0.25, 0.3) is 0 Å². The average Bonchev–Trinajstić information content (AvgIpc) is 2.73. The number of halogens is 3. The molecule has 1 fully saturated rings. The number of nitrogens with one attached hydrogen (secondary N) is 1. The second-order valence-corrected chi connectivity index (χ2v) is 8.93. The molecule has 6 nitrogen and oxygen atoms in total. The molecule has 0 aromatic heterocycles. The third-order valence-corrected chi connectivity index (χ3v) is 6.97. The van der Waals surface area contributed by atoms with Gasteiger partial charge in [0.2, 0.25) is 15.9 Å². The Balaban J connectivity index is 1.60. The number of benzene rings is 2. The summed E-state index contributed by atoms with van der Waals surface area (Å²) >= 11 is 0. The van der Waals surface area contributed by atoms with Crippen molar-refractivity contribution in [2.75, 3.05) is 31.5 Å². The van der Waals surface area contributed by atoms with Gasteiger partial charge in [0.15, 0.2) is 0 Å². The quantitative estimate of drug-likeness (QED) is 0.775. The molecule has 0 bridgehead atoms. The lowest BCUT2D eigenvalue weighted by atomic mass is 10.2. The average molecular weight is 441 g/mol. The molecule has 1 aliphatic heterocycles. The number of para-hydroxylation sites is 1. The number of sulfonamides is 1. The molecule has 0 aliphatic carbocycles. The Morgan fingerprint density at radius 1 is 0.967 bits per heavy atom. The van der Waals surface area contributed by atoms with Crippen LogP contribution in [0.5, 0.6) is 0 Å². The summed E-state index contributed by atoms with van der Waals surface area (Å²) in [5.41, 5.74) is -0.220. The number of piperazine rings is 1. The van der Waals surface area contributed by atoms with Crippen molar-refractivity contribution in [3.63, 3.8) is 0 Å². The number of alkyl halides is 3. The van der Waals surface area contributed by atoms with E-state index in [4.69, 9.17) is 0 Å². The normalized spacial score (nSPS) is 17.5. The Labute approximate surface area is 173 Å². The minimum absolute atomic E-state index is 0.145. The molecule has 0 spiro atoms. The molecule has 30 heavy (non-hydrogen) atoms. The predicted octanol–water partition coefficient (Wildman–Crippen LogP) is 3.04. The van der Waals surface area contributed by atoms with Crippen LogP contribution in [-0.4, -0.2) is 55.8 Å². The van der Waals surface area contributed by atoms with Crippen LogP contribution >= 0.6 is 0 Å². The van der Waals surface area contributed by atoms with E-state index in [1.54, 1.807) is 19.1 Å². The van der Waals surface area contributed by atoms with E-state index in [-0.39, 0.29) is 23.9 Å². The first kappa shape index (κ1) is 22.3. The highest BCUT2D eigenvalue weighted by Crippen LogP contribution is 2.30. The van der Waals surface area contributed by atoms with E-state index in [1.165, 1.54) is 4.31 Å². The van der Waals surface area contributed by atoms with Gasteiger partial charge in [-0.15, -0.1) is 0 Å². The van der Waals surface area contributed by atoms with Crippen LogP contribution in [-0.2, 0) is 21.0 Å². The smallest absolute Gasteiger partial charge is 0.325 e. The van der Waals surface area contributed by atoms with Gasteiger partial charge in [-0.05, 0) is 43.3 Å². The predicted molar refractivity (Wildman–Crippen MR) is 106 cm³/mol. The number of anilines is 1. The van der Waals surface area contributed by atoms with E-state index in [0.717, 1.165) is 24.3 Å². The minimum Gasteiger partial charge on any atom is -0.325 e. The van der Waals surface area contributed by atoms with E-state index in [9.17, 15) is 26.4 Å². The maximum atomic E-state index is 12.7. The highest BCUT2D eigenvalue weighted by Gasteiger charge is 2.34. The summed E-state index contributed by atoms with van der Waals surface area (Å²) in [5, 5.41) is 2.82. The molecule has 2 aromatic rings. The van der Waals surface area contributed by atoms with Crippen molar-refractivity contribution in [3.8, 4) is 0 Å². The molecule has 0 radical (unpaired) electrons. The van der Waals surface area contributed by atoms with E-state index in [1.807, 2.05) is 23.1 Å². The molecule has 1 heterocycles. The van der Waals surface area contributed by atoms with Crippen LogP contribution in [0.1, 0.15) is 12.5 Å². The summed E-state index contributed by atoms with van der Waals surface area (Å²) < 4.78 is 64.8. The molecule has 1 unspecified atom stereocenters. The van der Waals surface area contributed by atoms with Crippen molar-refractivity contribution in [1.82, 2.24) is 9.21 Å². The zero-order valence-corrected chi connectivity index (χ0v) is 17.1. The van der Waals surface area contributed by atoms with Gasteiger partial charge in [0.1, 0.15) is 0 Å².